The van der Waals surface area contributed by atoms with E-state index in [-0.39, 0.29) is 12.3 Å². The molecule has 5 nitrogen and oxygen atoms in total. The molecule has 0 atom stereocenters. The third-order valence-corrected chi connectivity index (χ3v) is 4.94. The van der Waals surface area contributed by atoms with Crippen LogP contribution in [0.4, 0.5) is 5.69 Å². The summed E-state index contributed by atoms with van der Waals surface area (Å²) in [7, 11) is 0. The van der Waals surface area contributed by atoms with Gasteiger partial charge >= 0.3 is 11.8 Å². The number of benzene rings is 2. The molecule has 2 aromatic carbocycles. The van der Waals surface area contributed by atoms with Crippen LogP contribution in [0, 0.1) is 6.92 Å². The van der Waals surface area contributed by atoms with Gasteiger partial charge in [0.1, 0.15) is 0 Å². The summed E-state index contributed by atoms with van der Waals surface area (Å²) in [6, 6.07) is 19.7. The molecule has 0 spiro atoms. The van der Waals surface area contributed by atoms with Gasteiger partial charge in [-0.25, -0.2) is 0 Å². The average Bonchev–Trinajstić information content (AvgIpc) is 3.17. The van der Waals surface area contributed by atoms with Crippen molar-refractivity contribution in [3.8, 4) is 0 Å². The van der Waals surface area contributed by atoms with Crippen LogP contribution in [-0.4, -0.2) is 17.6 Å². The first-order chi connectivity index (χ1) is 13.0. The number of anilines is 1. The Labute approximate surface area is 161 Å². The molecule has 2 N–H and O–H groups in total. The molecule has 27 heavy (non-hydrogen) atoms. The predicted molar refractivity (Wildman–Crippen MR) is 106 cm³/mol. The molecule has 3 aromatic rings. The van der Waals surface area contributed by atoms with Crippen molar-refractivity contribution >= 4 is 34.6 Å². The quantitative estimate of drug-likeness (QED) is 0.527. The van der Waals surface area contributed by atoms with Crippen molar-refractivity contribution in [1.29, 1.82) is 0 Å². The Morgan fingerprint density at radius 2 is 1.56 bits per heavy atom. The van der Waals surface area contributed by atoms with Gasteiger partial charge in [0.2, 0.25) is 5.78 Å². The number of carbonyl (C=O) groups is 3. The van der Waals surface area contributed by atoms with Crippen LogP contribution in [0.5, 0.6) is 0 Å². The molecule has 0 saturated carbocycles. The van der Waals surface area contributed by atoms with Crippen LogP contribution < -0.4 is 10.6 Å². The van der Waals surface area contributed by atoms with Crippen LogP contribution in [0.25, 0.3) is 0 Å². The number of nitrogens with one attached hydrogen (secondary N) is 2. The molecule has 0 radical (unpaired) electrons. The van der Waals surface area contributed by atoms with Gasteiger partial charge in [-0.1, -0.05) is 48.0 Å². The molecular formula is C21H18N2O3S. The van der Waals surface area contributed by atoms with E-state index in [1.54, 1.807) is 36.4 Å². The Bertz CT molecular complexity index is 963. The Hall–Kier alpha value is -3.25. The monoisotopic (exact) mass is 378 g/mol. The summed E-state index contributed by atoms with van der Waals surface area (Å²) in [4.78, 5) is 37.7. The number of hydrogen-bond donors (Lipinski definition) is 2. The first-order valence-corrected chi connectivity index (χ1v) is 9.19. The van der Waals surface area contributed by atoms with Gasteiger partial charge in [-0.3, -0.25) is 14.4 Å². The maximum absolute atomic E-state index is 12.4. The lowest BCUT2D eigenvalue weighted by Gasteiger charge is -2.06. The van der Waals surface area contributed by atoms with Crippen LogP contribution in [0.1, 0.15) is 25.7 Å². The molecule has 0 saturated heterocycles. The highest BCUT2D eigenvalue weighted by Gasteiger charge is 2.15. The normalized spacial score (nSPS) is 10.3. The summed E-state index contributed by atoms with van der Waals surface area (Å²) in [5.74, 6) is -1.51. The zero-order valence-corrected chi connectivity index (χ0v) is 15.5. The fraction of sp³-hybridized carbons (Fsp3) is 0.0952. The van der Waals surface area contributed by atoms with Crippen LogP contribution >= 0.6 is 11.3 Å². The maximum Gasteiger partial charge on any atom is 0.313 e. The predicted octanol–water partition coefficient (Wildman–Crippen LogP) is 3.54. The van der Waals surface area contributed by atoms with Crippen LogP contribution in [-0.2, 0) is 16.1 Å². The van der Waals surface area contributed by atoms with Gasteiger partial charge in [0, 0.05) is 16.1 Å². The smallest absolute Gasteiger partial charge is 0.313 e. The summed E-state index contributed by atoms with van der Waals surface area (Å²) < 4.78 is 0. The maximum atomic E-state index is 12.4. The zero-order chi connectivity index (χ0) is 19.2. The summed E-state index contributed by atoms with van der Waals surface area (Å²) in [5, 5.41) is 5.12. The first kappa shape index (κ1) is 18.5. The number of amides is 2. The van der Waals surface area contributed by atoms with E-state index in [9.17, 15) is 14.4 Å². The topological polar surface area (TPSA) is 75.3 Å². The minimum Gasteiger partial charge on any atom is -0.343 e. The molecule has 0 aliphatic heterocycles. The van der Waals surface area contributed by atoms with Crippen molar-refractivity contribution in [1.82, 2.24) is 5.32 Å². The van der Waals surface area contributed by atoms with E-state index >= 15 is 0 Å². The molecular weight excluding hydrogens is 360 g/mol. The second-order valence-electron chi connectivity index (χ2n) is 5.96. The Morgan fingerprint density at radius 3 is 2.26 bits per heavy atom. The number of ketones is 1. The van der Waals surface area contributed by atoms with Gasteiger partial charge < -0.3 is 10.6 Å². The van der Waals surface area contributed by atoms with Gasteiger partial charge in [0.15, 0.2) is 0 Å². The van der Waals surface area contributed by atoms with Gasteiger partial charge in [-0.05, 0) is 31.2 Å². The third-order valence-electron chi connectivity index (χ3n) is 3.86. The molecule has 0 aliphatic rings. The molecule has 2 amide bonds. The second kappa shape index (κ2) is 8.42. The molecule has 0 unspecified atom stereocenters. The van der Waals surface area contributed by atoms with Crippen molar-refractivity contribution in [2.24, 2.45) is 0 Å². The van der Waals surface area contributed by atoms with E-state index in [1.165, 1.54) is 11.3 Å². The number of aryl methyl sites for hydroxylation is 1. The van der Waals surface area contributed by atoms with Crippen molar-refractivity contribution in [2.75, 3.05) is 5.32 Å². The lowest BCUT2D eigenvalue weighted by atomic mass is 10.1. The van der Waals surface area contributed by atoms with Crippen molar-refractivity contribution in [3.63, 3.8) is 0 Å². The molecule has 1 heterocycles. The zero-order valence-electron chi connectivity index (χ0n) is 14.7. The largest absolute Gasteiger partial charge is 0.343 e. The fourth-order valence-corrected chi connectivity index (χ4v) is 3.31. The number of hydrogen-bond acceptors (Lipinski definition) is 4. The lowest BCUT2D eigenvalue weighted by Crippen LogP contribution is -2.34. The van der Waals surface area contributed by atoms with E-state index < -0.39 is 11.8 Å². The van der Waals surface area contributed by atoms with Crippen LogP contribution in [0.2, 0.25) is 0 Å². The van der Waals surface area contributed by atoms with E-state index in [2.05, 4.69) is 10.6 Å². The fourth-order valence-electron chi connectivity index (χ4n) is 2.40. The second-order valence-corrected chi connectivity index (χ2v) is 7.13. The molecule has 0 bridgehead atoms. The molecule has 0 aliphatic carbocycles. The Balaban J connectivity index is 1.55. The molecule has 136 valence electrons. The van der Waals surface area contributed by atoms with Crippen molar-refractivity contribution < 1.29 is 14.4 Å². The third kappa shape index (κ3) is 4.89. The number of rotatable bonds is 5. The van der Waals surface area contributed by atoms with E-state index in [0.717, 1.165) is 10.4 Å². The summed E-state index contributed by atoms with van der Waals surface area (Å²) in [6.45, 7) is 2.13. The van der Waals surface area contributed by atoms with Crippen LogP contribution in [0.3, 0.4) is 0 Å². The molecule has 3 rings (SSSR count). The van der Waals surface area contributed by atoms with Gasteiger partial charge in [0.25, 0.3) is 0 Å². The first-order valence-electron chi connectivity index (χ1n) is 8.37. The minimum absolute atomic E-state index is 0.0599. The van der Waals surface area contributed by atoms with Gasteiger partial charge in [0.05, 0.1) is 11.4 Å². The summed E-state index contributed by atoms with van der Waals surface area (Å²) >= 11 is 1.30. The highest BCUT2D eigenvalue weighted by Crippen LogP contribution is 2.20. The van der Waals surface area contributed by atoms with Crippen molar-refractivity contribution in [2.45, 2.75) is 13.5 Å². The van der Waals surface area contributed by atoms with E-state index in [0.29, 0.717) is 16.1 Å². The highest BCUT2D eigenvalue weighted by molar-refractivity contribution is 7.14. The standard InChI is InChI=1S/C21H18N2O3S/c1-14-7-9-16(10-8-14)23-21(26)20(25)22-13-17-11-12-18(27-17)19(24)15-5-3-2-4-6-15/h2-12H,13H2,1H3,(H,22,25)(H,23,26). The average molecular weight is 378 g/mol. The van der Waals surface area contributed by atoms with Crippen molar-refractivity contribution in [3.05, 3.63) is 87.6 Å². The van der Waals surface area contributed by atoms with Crippen LogP contribution in [0.15, 0.2) is 66.7 Å². The molecule has 0 fully saturated rings. The lowest BCUT2D eigenvalue weighted by molar-refractivity contribution is -0.136. The highest BCUT2D eigenvalue weighted by atomic mass is 32.1. The number of carbonyl (C=O) groups excluding carboxylic acids is 3. The Morgan fingerprint density at radius 1 is 0.852 bits per heavy atom. The Kier molecular flexibility index (Phi) is 5.78. The SMILES string of the molecule is Cc1ccc(NC(=O)C(=O)NCc2ccc(C(=O)c3ccccc3)s2)cc1. The molecule has 1 aromatic heterocycles. The van der Waals surface area contributed by atoms with E-state index in [1.807, 2.05) is 37.3 Å². The summed E-state index contributed by atoms with van der Waals surface area (Å²) in [6.07, 6.45) is 0. The molecule has 6 heteroatoms. The summed E-state index contributed by atoms with van der Waals surface area (Å²) in [5.41, 5.74) is 2.25. The number of thiophene rings is 1. The minimum atomic E-state index is -0.726. The van der Waals surface area contributed by atoms with Gasteiger partial charge in [-0.15, -0.1) is 11.3 Å². The van der Waals surface area contributed by atoms with E-state index in [4.69, 9.17) is 0 Å². The van der Waals surface area contributed by atoms with Gasteiger partial charge in [-0.2, -0.15) is 0 Å².